The van der Waals surface area contributed by atoms with E-state index >= 15 is 0 Å². The zero-order chi connectivity index (χ0) is 10.6. The van der Waals surface area contributed by atoms with Gasteiger partial charge >= 0.3 is 0 Å². The largest absolute Gasteiger partial charge is 0.332 e. The summed E-state index contributed by atoms with van der Waals surface area (Å²) in [6, 6.07) is -0.0208. The van der Waals surface area contributed by atoms with E-state index in [-0.39, 0.29) is 6.04 Å². The predicted octanol–water partition coefficient (Wildman–Crippen LogP) is 0.671. The summed E-state index contributed by atoms with van der Waals surface area (Å²) in [5, 5.41) is 0. The average molecular weight is 215 g/mol. The number of hydrogen-bond donors (Lipinski definition) is 1. The quantitative estimate of drug-likeness (QED) is 0.785. The molecule has 0 amide bonds. The summed E-state index contributed by atoms with van der Waals surface area (Å²) in [6.07, 6.45) is 3.51. The van der Waals surface area contributed by atoms with Crippen molar-refractivity contribution in [2.45, 2.75) is 26.4 Å². The summed E-state index contributed by atoms with van der Waals surface area (Å²) in [5.74, 6) is 1.38. The molecular formula is C9H17N3OS. The second-order valence-electron chi connectivity index (χ2n) is 3.23. The first kappa shape index (κ1) is 11.4. The van der Waals surface area contributed by atoms with E-state index in [0.717, 1.165) is 12.2 Å². The summed E-state index contributed by atoms with van der Waals surface area (Å²) < 4.78 is 13.2. The third kappa shape index (κ3) is 2.92. The van der Waals surface area contributed by atoms with Crippen LogP contribution in [0.15, 0.2) is 12.5 Å². The Labute approximate surface area is 87.0 Å². The van der Waals surface area contributed by atoms with E-state index in [9.17, 15) is 4.21 Å². The molecule has 0 saturated carbocycles. The van der Waals surface area contributed by atoms with Gasteiger partial charge in [-0.2, -0.15) is 0 Å². The molecule has 0 aliphatic carbocycles. The smallest absolute Gasteiger partial charge is 0.0948 e. The van der Waals surface area contributed by atoms with Crippen molar-refractivity contribution in [3.05, 3.63) is 18.2 Å². The van der Waals surface area contributed by atoms with Crippen molar-refractivity contribution in [1.82, 2.24) is 9.55 Å². The SMILES string of the molecule is CCS(=O)CCn1cncc1[C@@H](C)N. The molecular weight excluding hydrogens is 198 g/mol. The number of imidazole rings is 1. The van der Waals surface area contributed by atoms with Crippen molar-refractivity contribution in [3.63, 3.8) is 0 Å². The molecule has 1 aromatic heterocycles. The van der Waals surface area contributed by atoms with Gasteiger partial charge in [-0.05, 0) is 6.92 Å². The van der Waals surface area contributed by atoms with Gasteiger partial charge in [0.1, 0.15) is 0 Å². The first-order chi connectivity index (χ1) is 6.65. The maximum absolute atomic E-state index is 11.2. The Bertz CT molecular complexity index is 309. The van der Waals surface area contributed by atoms with E-state index in [1.54, 1.807) is 12.5 Å². The second-order valence-corrected chi connectivity index (χ2v) is 5.10. The van der Waals surface area contributed by atoms with Crippen LogP contribution in [0, 0.1) is 0 Å². The molecule has 2 atom stereocenters. The van der Waals surface area contributed by atoms with Gasteiger partial charge in [-0.25, -0.2) is 4.98 Å². The number of nitrogens with zero attached hydrogens (tertiary/aromatic N) is 2. The van der Waals surface area contributed by atoms with Gasteiger partial charge < -0.3 is 10.3 Å². The average Bonchev–Trinajstić information content (AvgIpc) is 2.62. The number of aromatic nitrogens is 2. The summed E-state index contributed by atoms with van der Waals surface area (Å²) >= 11 is 0. The van der Waals surface area contributed by atoms with Crippen LogP contribution in [0.5, 0.6) is 0 Å². The summed E-state index contributed by atoms with van der Waals surface area (Å²) in [4.78, 5) is 4.03. The molecule has 0 spiro atoms. The van der Waals surface area contributed by atoms with Crippen LogP contribution < -0.4 is 5.73 Å². The summed E-state index contributed by atoms with van der Waals surface area (Å²) in [6.45, 7) is 4.58. The molecule has 0 saturated heterocycles. The van der Waals surface area contributed by atoms with E-state index in [0.29, 0.717) is 11.5 Å². The minimum absolute atomic E-state index is 0.0208. The van der Waals surface area contributed by atoms with Crippen LogP contribution in [-0.4, -0.2) is 25.3 Å². The lowest BCUT2D eigenvalue weighted by Crippen LogP contribution is -2.15. The van der Waals surface area contributed by atoms with Crippen LogP contribution in [0.1, 0.15) is 25.6 Å². The highest BCUT2D eigenvalue weighted by molar-refractivity contribution is 7.84. The summed E-state index contributed by atoms with van der Waals surface area (Å²) in [7, 11) is -0.723. The molecule has 0 aliphatic heterocycles. The fourth-order valence-electron chi connectivity index (χ4n) is 1.24. The van der Waals surface area contributed by atoms with Crippen molar-refractivity contribution in [2.75, 3.05) is 11.5 Å². The second kappa shape index (κ2) is 5.26. The standard InChI is InChI=1S/C9H17N3OS/c1-3-14(13)5-4-12-7-11-6-9(12)8(2)10/h6-8H,3-5,10H2,1-2H3/t8-,14?/m1/s1. The predicted molar refractivity (Wildman–Crippen MR) is 58.4 cm³/mol. The monoisotopic (exact) mass is 215 g/mol. The maximum atomic E-state index is 11.2. The molecule has 80 valence electrons. The molecule has 0 aliphatic rings. The van der Waals surface area contributed by atoms with E-state index in [2.05, 4.69) is 4.98 Å². The Morgan fingerprint density at radius 2 is 2.43 bits per heavy atom. The number of nitrogens with two attached hydrogens (primary N) is 1. The number of hydrogen-bond acceptors (Lipinski definition) is 3. The Hall–Kier alpha value is -0.680. The van der Waals surface area contributed by atoms with E-state index in [4.69, 9.17) is 5.73 Å². The van der Waals surface area contributed by atoms with Crippen LogP contribution in [0.3, 0.4) is 0 Å². The summed E-state index contributed by atoms with van der Waals surface area (Å²) in [5.41, 5.74) is 6.76. The fourth-order valence-corrected chi connectivity index (χ4v) is 1.93. The van der Waals surface area contributed by atoms with Crippen molar-refractivity contribution >= 4 is 10.8 Å². The van der Waals surface area contributed by atoms with Gasteiger partial charge in [0.15, 0.2) is 0 Å². The molecule has 0 bridgehead atoms. The minimum atomic E-state index is -0.723. The van der Waals surface area contributed by atoms with Gasteiger partial charge in [-0.3, -0.25) is 4.21 Å². The van der Waals surface area contributed by atoms with Crippen LogP contribution >= 0.6 is 0 Å². The highest BCUT2D eigenvalue weighted by Gasteiger charge is 2.06. The van der Waals surface area contributed by atoms with E-state index in [1.807, 2.05) is 18.4 Å². The van der Waals surface area contributed by atoms with Crippen molar-refractivity contribution in [3.8, 4) is 0 Å². The molecule has 1 rings (SSSR count). The van der Waals surface area contributed by atoms with Gasteiger partial charge in [0.25, 0.3) is 0 Å². The zero-order valence-electron chi connectivity index (χ0n) is 8.64. The van der Waals surface area contributed by atoms with Gasteiger partial charge in [-0.1, -0.05) is 6.92 Å². The lowest BCUT2D eigenvalue weighted by Gasteiger charge is -2.09. The van der Waals surface area contributed by atoms with Crippen molar-refractivity contribution < 1.29 is 4.21 Å². The molecule has 1 unspecified atom stereocenters. The van der Waals surface area contributed by atoms with Crippen LogP contribution in [-0.2, 0) is 17.3 Å². The fraction of sp³-hybridized carbons (Fsp3) is 0.667. The highest BCUT2D eigenvalue weighted by Crippen LogP contribution is 2.08. The molecule has 1 aromatic rings. The third-order valence-electron chi connectivity index (χ3n) is 2.09. The first-order valence-electron chi connectivity index (χ1n) is 4.75. The Morgan fingerprint density at radius 3 is 3.00 bits per heavy atom. The van der Waals surface area contributed by atoms with Crippen molar-refractivity contribution in [1.29, 1.82) is 0 Å². The molecule has 0 aromatic carbocycles. The van der Waals surface area contributed by atoms with Crippen LogP contribution in [0.25, 0.3) is 0 Å². The van der Waals surface area contributed by atoms with Crippen molar-refractivity contribution in [2.24, 2.45) is 5.73 Å². The van der Waals surface area contributed by atoms with Gasteiger partial charge in [0.2, 0.25) is 0 Å². The molecule has 5 heteroatoms. The molecule has 14 heavy (non-hydrogen) atoms. The Morgan fingerprint density at radius 1 is 1.71 bits per heavy atom. The third-order valence-corrected chi connectivity index (χ3v) is 3.37. The van der Waals surface area contributed by atoms with Crippen LogP contribution in [0.2, 0.25) is 0 Å². The van der Waals surface area contributed by atoms with E-state index in [1.165, 1.54) is 0 Å². The normalized spacial score (nSPS) is 15.4. The molecule has 2 N–H and O–H groups in total. The Balaban J connectivity index is 2.58. The van der Waals surface area contributed by atoms with Gasteiger partial charge in [-0.15, -0.1) is 0 Å². The molecule has 0 fully saturated rings. The highest BCUT2D eigenvalue weighted by atomic mass is 32.2. The maximum Gasteiger partial charge on any atom is 0.0948 e. The molecule has 0 radical (unpaired) electrons. The lowest BCUT2D eigenvalue weighted by atomic mass is 10.3. The van der Waals surface area contributed by atoms with Gasteiger partial charge in [0.05, 0.1) is 12.0 Å². The zero-order valence-corrected chi connectivity index (χ0v) is 9.46. The van der Waals surface area contributed by atoms with Gasteiger partial charge in [0, 0.05) is 41.1 Å². The minimum Gasteiger partial charge on any atom is -0.332 e. The number of aryl methyl sites for hydroxylation is 1. The molecule has 4 nitrogen and oxygen atoms in total. The van der Waals surface area contributed by atoms with Crippen LogP contribution in [0.4, 0.5) is 0 Å². The lowest BCUT2D eigenvalue weighted by molar-refractivity contribution is 0.646. The number of rotatable bonds is 5. The Kier molecular flexibility index (Phi) is 4.28. The topological polar surface area (TPSA) is 60.9 Å². The first-order valence-corrected chi connectivity index (χ1v) is 6.24. The molecule has 1 heterocycles. The van der Waals surface area contributed by atoms with E-state index < -0.39 is 10.8 Å².